The fourth-order valence-electron chi connectivity index (χ4n) is 2.73. The van der Waals surface area contributed by atoms with Gasteiger partial charge in [0.2, 0.25) is 0 Å². The molecule has 1 fully saturated rings. The molecule has 0 aliphatic carbocycles. The molecule has 0 spiro atoms. The first-order valence-corrected chi connectivity index (χ1v) is 7.98. The van der Waals surface area contributed by atoms with Crippen LogP contribution >= 0.6 is 11.6 Å². The molecule has 1 aliphatic heterocycles. The van der Waals surface area contributed by atoms with E-state index in [0.29, 0.717) is 29.2 Å². The Kier molecular flexibility index (Phi) is 4.53. The SMILES string of the molecule is Cc1ccc(C(=O)N2CCN(c3ccc(Cl)cc3)CC2)cc1F. The summed E-state index contributed by atoms with van der Waals surface area (Å²) in [6.45, 7) is 4.44. The number of aryl methyl sites for hydroxylation is 1. The lowest BCUT2D eigenvalue weighted by molar-refractivity contribution is 0.0746. The van der Waals surface area contributed by atoms with Gasteiger partial charge in [-0.05, 0) is 48.9 Å². The van der Waals surface area contributed by atoms with Crippen LogP contribution in [0.4, 0.5) is 10.1 Å². The third-order valence-corrected chi connectivity index (χ3v) is 4.43. The number of piperazine rings is 1. The van der Waals surface area contributed by atoms with Gasteiger partial charge < -0.3 is 9.80 Å². The molecule has 0 unspecified atom stereocenters. The molecule has 5 heteroatoms. The van der Waals surface area contributed by atoms with E-state index >= 15 is 0 Å². The first-order chi connectivity index (χ1) is 11.0. The maximum atomic E-state index is 13.6. The highest BCUT2D eigenvalue weighted by Crippen LogP contribution is 2.20. The molecule has 2 aromatic rings. The van der Waals surface area contributed by atoms with Gasteiger partial charge in [0.25, 0.3) is 5.91 Å². The van der Waals surface area contributed by atoms with Crippen LogP contribution in [-0.4, -0.2) is 37.0 Å². The van der Waals surface area contributed by atoms with E-state index in [1.54, 1.807) is 24.0 Å². The molecule has 0 radical (unpaired) electrons. The lowest BCUT2D eigenvalue weighted by Gasteiger charge is -2.36. The molecular formula is C18H18ClFN2O. The van der Waals surface area contributed by atoms with Crippen LogP contribution in [0.15, 0.2) is 42.5 Å². The second-order valence-electron chi connectivity index (χ2n) is 5.72. The molecule has 0 N–H and O–H groups in total. The number of nitrogens with zero attached hydrogens (tertiary/aromatic N) is 2. The molecule has 1 heterocycles. The second kappa shape index (κ2) is 6.59. The van der Waals surface area contributed by atoms with Gasteiger partial charge in [0, 0.05) is 42.5 Å². The van der Waals surface area contributed by atoms with E-state index in [-0.39, 0.29) is 11.7 Å². The molecule has 23 heavy (non-hydrogen) atoms. The van der Waals surface area contributed by atoms with Gasteiger partial charge in [-0.2, -0.15) is 0 Å². The molecule has 0 atom stereocenters. The number of hydrogen-bond acceptors (Lipinski definition) is 2. The summed E-state index contributed by atoms with van der Waals surface area (Å²) in [5.74, 6) is -0.449. The van der Waals surface area contributed by atoms with Gasteiger partial charge >= 0.3 is 0 Å². The number of rotatable bonds is 2. The zero-order valence-corrected chi connectivity index (χ0v) is 13.7. The predicted molar refractivity (Wildman–Crippen MR) is 90.7 cm³/mol. The molecule has 1 saturated heterocycles. The van der Waals surface area contributed by atoms with Gasteiger partial charge in [-0.3, -0.25) is 4.79 Å². The minimum absolute atomic E-state index is 0.111. The van der Waals surface area contributed by atoms with E-state index in [1.807, 2.05) is 24.3 Å². The Labute approximate surface area is 140 Å². The fraction of sp³-hybridized carbons (Fsp3) is 0.278. The molecule has 0 saturated carbocycles. The molecule has 3 nitrogen and oxygen atoms in total. The van der Waals surface area contributed by atoms with Crippen LogP contribution in [0.1, 0.15) is 15.9 Å². The van der Waals surface area contributed by atoms with E-state index in [1.165, 1.54) is 6.07 Å². The lowest BCUT2D eigenvalue weighted by atomic mass is 10.1. The highest BCUT2D eigenvalue weighted by molar-refractivity contribution is 6.30. The molecule has 2 aromatic carbocycles. The van der Waals surface area contributed by atoms with Crippen LogP contribution in [0.25, 0.3) is 0 Å². The molecule has 120 valence electrons. The number of carbonyl (C=O) groups is 1. The highest BCUT2D eigenvalue weighted by Gasteiger charge is 2.22. The van der Waals surface area contributed by atoms with E-state index in [2.05, 4.69) is 4.90 Å². The van der Waals surface area contributed by atoms with Gasteiger partial charge in [0.15, 0.2) is 0 Å². The van der Waals surface area contributed by atoms with E-state index < -0.39 is 0 Å². The van der Waals surface area contributed by atoms with Crippen molar-refractivity contribution in [3.8, 4) is 0 Å². The Morgan fingerprint density at radius 1 is 1.04 bits per heavy atom. The van der Waals surface area contributed by atoms with Crippen LogP contribution < -0.4 is 4.90 Å². The van der Waals surface area contributed by atoms with Crippen LogP contribution in [0, 0.1) is 12.7 Å². The summed E-state index contributed by atoms with van der Waals surface area (Å²) < 4.78 is 13.6. The summed E-state index contributed by atoms with van der Waals surface area (Å²) in [4.78, 5) is 16.5. The van der Waals surface area contributed by atoms with E-state index in [0.717, 1.165) is 18.8 Å². The molecule has 1 amide bonds. The molecular weight excluding hydrogens is 315 g/mol. The number of halogens is 2. The largest absolute Gasteiger partial charge is 0.368 e. The van der Waals surface area contributed by atoms with Gasteiger partial charge in [0.05, 0.1) is 0 Å². The average Bonchev–Trinajstić information content (AvgIpc) is 2.57. The maximum absolute atomic E-state index is 13.6. The summed E-state index contributed by atoms with van der Waals surface area (Å²) in [6.07, 6.45) is 0. The molecule has 0 aromatic heterocycles. The summed E-state index contributed by atoms with van der Waals surface area (Å²) in [7, 11) is 0. The Bertz CT molecular complexity index is 709. The summed E-state index contributed by atoms with van der Waals surface area (Å²) in [6, 6.07) is 12.3. The van der Waals surface area contributed by atoms with Gasteiger partial charge in [-0.25, -0.2) is 4.39 Å². The van der Waals surface area contributed by atoms with Crippen LogP contribution in [-0.2, 0) is 0 Å². The number of anilines is 1. The maximum Gasteiger partial charge on any atom is 0.254 e. The number of hydrogen-bond donors (Lipinski definition) is 0. The Morgan fingerprint density at radius 2 is 1.70 bits per heavy atom. The standard InChI is InChI=1S/C18H18ClFN2O/c1-13-2-3-14(12-17(13)20)18(23)22-10-8-21(9-11-22)16-6-4-15(19)5-7-16/h2-7,12H,8-11H2,1H3. The Hall–Kier alpha value is -2.07. The van der Waals surface area contributed by atoms with Crippen molar-refractivity contribution in [2.75, 3.05) is 31.1 Å². The van der Waals surface area contributed by atoms with Crippen LogP contribution in [0.3, 0.4) is 0 Å². The second-order valence-corrected chi connectivity index (χ2v) is 6.16. The van der Waals surface area contributed by atoms with Crippen molar-refractivity contribution in [3.63, 3.8) is 0 Å². The van der Waals surface area contributed by atoms with Gasteiger partial charge in [-0.1, -0.05) is 17.7 Å². The number of carbonyl (C=O) groups excluding carboxylic acids is 1. The third kappa shape index (κ3) is 3.48. The first kappa shape index (κ1) is 15.8. The van der Waals surface area contributed by atoms with Crippen LogP contribution in [0.2, 0.25) is 5.02 Å². The summed E-state index contributed by atoms with van der Waals surface area (Å²) >= 11 is 5.90. The van der Waals surface area contributed by atoms with Crippen molar-refractivity contribution < 1.29 is 9.18 Å². The lowest BCUT2D eigenvalue weighted by Crippen LogP contribution is -2.48. The van der Waals surface area contributed by atoms with E-state index in [4.69, 9.17) is 11.6 Å². The Morgan fingerprint density at radius 3 is 2.30 bits per heavy atom. The van der Waals surface area contributed by atoms with Crippen molar-refractivity contribution in [2.45, 2.75) is 6.92 Å². The van der Waals surface area contributed by atoms with Crippen molar-refractivity contribution in [1.82, 2.24) is 4.90 Å². The third-order valence-electron chi connectivity index (χ3n) is 4.18. The van der Waals surface area contributed by atoms with Gasteiger partial charge in [0.1, 0.15) is 5.82 Å². The average molecular weight is 333 g/mol. The van der Waals surface area contributed by atoms with Gasteiger partial charge in [-0.15, -0.1) is 0 Å². The highest BCUT2D eigenvalue weighted by atomic mass is 35.5. The summed E-state index contributed by atoms with van der Waals surface area (Å²) in [5.41, 5.74) is 2.06. The number of benzene rings is 2. The smallest absolute Gasteiger partial charge is 0.254 e. The van der Waals surface area contributed by atoms with Crippen molar-refractivity contribution >= 4 is 23.2 Å². The zero-order valence-electron chi connectivity index (χ0n) is 12.9. The predicted octanol–water partition coefficient (Wildman–Crippen LogP) is 3.75. The Balaban J connectivity index is 1.65. The van der Waals surface area contributed by atoms with E-state index in [9.17, 15) is 9.18 Å². The molecule has 3 rings (SSSR count). The topological polar surface area (TPSA) is 23.6 Å². The quantitative estimate of drug-likeness (QED) is 0.836. The fourth-order valence-corrected chi connectivity index (χ4v) is 2.85. The molecule has 0 bridgehead atoms. The first-order valence-electron chi connectivity index (χ1n) is 7.60. The van der Waals surface area contributed by atoms with Crippen molar-refractivity contribution in [1.29, 1.82) is 0 Å². The molecule has 1 aliphatic rings. The van der Waals surface area contributed by atoms with Crippen molar-refractivity contribution in [3.05, 3.63) is 64.4 Å². The van der Waals surface area contributed by atoms with Crippen LogP contribution in [0.5, 0.6) is 0 Å². The normalized spacial score (nSPS) is 14.9. The number of amides is 1. The zero-order chi connectivity index (χ0) is 16.4. The summed E-state index contributed by atoms with van der Waals surface area (Å²) in [5, 5.41) is 0.712. The van der Waals surface area contributed by atoms with Crippen molar-refractivity contribution in [2.24, 2.45) is 0 Å². The minimum Gasteiger partial charge on any atom is -0.368 e. The monoisotopic (exact) mass is 332 g/mol. The minimum atomic E-state index is -0.337.